The van der Waals surface area contributed by atoms with Crippen LogP contribution in [0.3, 0.4) is 0 Å². The molecule has 0 atom stereocenters. The monoisotopic (exact) mass is 376 g/mol. The van der Waals surface area contributed by atoms with Crippen molar-refractivity contribution < 1.29 is 13.2 Å². The minimum absolute atomic E-state index is 0.0509. The van der Waals surface area contributed by atoms with Crippen LogP contribution in [0.2, 0.25) is 0 Å². The van der Waals surface area contributed by atoms with Crippen LogP contribution in [-0.4, -0.2) is 37.2 Å². The molecule has 26 heavy (non-hydrogen) atoms. The van der Waals surface area contributed by atoms with Gasteiger partial charge in [0.1, 0.15) is 0 Å². The Bertz CT molecular complexity index is 1010. The first kappa shape index (κ1) is 18.3. The summed E-state index contributed by atoms with van der Waals surface area (Å²) in [6, 6.07) is 7.75. The molecule has 0 fully saturated rings. The van der Waals surface area contributed by atoms with Gasteiger partial charge in [-0.1, -0.05) is 0 Å². The van der Waals surface area contributed by atoms with Gasteiger partial charge in [0, 0.05) is 31.8 Å². The summed E-state index contributed by atoms with van der Waals surface area (Å²) in [5, 5.41) is 4.07. The highest BCUT2D eigenvalue weighted by Crippen LogP contribution is 2.30. The van der Waals surface area contributed by atoms with E-state index in [0.29, 0.717) is 18.7 Å². The maximum Gasteiger partial charge on any atom is 0.266 e. The van der Waals surface area contributed by atoms with Crippen LogP contribution < -0.4 is 15.2 Å². The number of fused-ring (bicyclic) bond motifs is 1. The van der Waals surface area contributed by atoms with Crippen LogP contribution in [0.1, 0.15) is 18.2 Å². The van der Waals surface area contributed by atoms with Crippen molar-refractivity contribution in [3.8, 4) is 0 Å². The molecular formula is C17H20N4O4S. The molecule has 2 aromatic rings. The molecule has 1 aromatic heterocycles. The minimum Gasteiger partial charge on any atom is -0.312 e. The van der Waals surface area contributed by atoms with Crippen LogP contribution in [0.25, 0.3) is 0 Å². The van der Waals surface area contributed by atoms with Gasteiger partial charge in [-0.05, 0) is 43.2 Å². The molecule has 0 radical (unpaired) electrons. The second-order valence-electron chi connectivity index (χ2n) is 6.15. The van der Waals surface area contributed by atoms with Crippen molar-refractivity contribution in [1.29, 1.82) is 0 Å². The summed E-state index contributed by atoms with van der Waals surface area (Å²) in [5.74, 6) is -0.0615. The predicted molar refractivity (Wildman–Crippen MR) is 96.6 cm³/mol. The number of hydrogen-bond acceptors (Lipinski definition) is 5. The average Bonchev–Trinajstić information content (AvgIpc) is 3.01. The van der Waals surface area contributed by atoms with Crippen molar-refractivity contribution in [3.05, 3.63) is 51.9 Å². The van der Waals surface area contributed by atoms with E-state index in [-0.39, 0.29) is 29.5 Å². The number of aryl methyl sites for hydroxylation is 1. The quantitative estimate of drug-likeness (QED) is 0.816. The van der Waals surface area contributed by atoms with Crippen molar-refractivity contribution >= 4 is 21.6 Å². The molecule has 1 N–H and O–H groups in total. The van der Waals surface area contributed by atoms with E-state index < -0.39 is 10.0 Å². The highest BCUT2D eigenvalue weighted by atomic mass is 32.2. The van der Waals surface area contributed by atoms with Crippen LogP contribution >= 0.6 is 0 Å². The fourth-order valence-electron chi connectivity index (χ4n) is 2.95. The number of benzene rings is 1. The van der Waals surface area contributed by atoms with Gasteiger partial charge >= 0.3 is 0 Å². The lowest BCUT2D eigenvalue weighted by molar-refractivity contribution is -0.116. The molecule has 138 valence electrons. The Balaban J connectivity index is 1.72. The molecule has 0 bridgehead atoms. The van der Waals surface area contributed by atoms with E-state index in [1.54, 1.807) is 30.0 Å². The number of anilines is 1. The van der Waals surface area contributed by atoms with E-state index in [0.717, 1.165) is 11.3 Å². The van der Waals surface area contributed by atoms with Gasteiger partial charge in [0.05, 0.1) is 17.1 Å². The third kappa shape index (κ3) is 3.68. The van der Waals surface area contributed by atoms with Gasteiger partial charge < -0.3 is 4.90 Å². The van der Waals surface area contributed by atoms with Crippen LogP contribution in [0, 0.1) is 6.92 Å². The maximum atomic E-state index is 12.5. The number of hydrogen-bond donors (Lipinski definition) is 1. The molecule has 0 saturated carbocycles. The first-order chi connectivity index (χ1) is 12.3. The van der Waals surface area contributed by atoms with E-state index in [9.17, 15) is 18.0 Å². The fourth-order valence-corrected chi connectivity index (χ4v) is 4.02. The zero-order chi connectivity index (χ0) is 18.9. The van der Waals surface area contributed by atoms with E-state index in [1.165, 1.54) is 23.7 Å². The van der Waals surface area contributed by atoms with Crippen LogP contribution in [0.4, 0.5) is 5.69 Å². The number of amides is 1. The third-order valence-corrected chi connectivity index (χ3v) is 5.71. The molecule has 8 nitrogen and oxygen atoms in total. The molecule has 1 aromatic carbocycles. The summed E-state index contributed by atoms with van der Waals surface area (Å²) in [4.78, 5) is 25.1. The SMILES string of the molecule is CC(=O)N1CCc2cc(S(=O)(=O)NCCn3nc(C)ccc3=O)ccc21. The molecular weight excluding hydrogens is 356 g/mol. The van der Waals surface area contributed by atoms with Crippen LogP contribution in [0.15, 0.2) is 40.0 Å². The Labute approximate surface area is 151 Å². The number of nitrogens with one attached hydrogen (secondary N) is 1. The summed E-state index contributed by atoms with van der Waals surface area (Å²) in [5.41, 5.74) is 1.99. The number of carbonyl (C=O) groups is 1. The standard InChI is InChI=1S/C17H20N4O4S/c1-12-3-6-17(23)21(19-12)10-8-18-26(24,25)15-4-5-16-14(11-15)7-9-20(16)13(2)22/h3-6,11,18H,7-10H2,1-2H3. The summed E-state index contributed by atoms with van der Waals surface area (Å²) in [6.07, 6.45) is 0.626. The van der Waals surface area contributed by atoms with Crippen LogP contribution in [0.5, 0.6) is 0 Å². The predicted octanol–water partition coefficient (Wildman–Crippen LogP) is 0.439. The first-order valence-electron chi connectivity index (χ1n) is 8.23. The molecule has 1 aliphatic rings. The van der Waals surface area contributed by atoms with E-state index >= 15 is 0 Å². The molecule has 1 aliphatic heterocycles. The van der Waals surface area contributed by atoms with Gasteiger partial charge in [-0.15, -0.1) is 0 Å². The number of sulfonamides is 1. The molecule has 0 saturated heterocycles. The van der Waals surface area contributed by atoms with Gasteiger partial charge in [-0.3, -0.25) is 9.59 Å². The smallest absolute Gasteiger partial charge is 0.266 e. The van der Waals surface area contributed by atoms with Gasteiger partial charge in [0.15, 0.2) is 0 Å². The highest BCUT2D eigenvalue weighted by Gasteiger charge is 2.24. The molecule has 2 heterocycles. The molecule has 9 heteroatoms. The largest absolute Gasteiger partial charge is 0.312 e. The Hall–Kier alpha value is -2.52. The van der Waals surface area contributed by atoms with Gasteiger partial charge in [-0.2, -0.15) is 5.10 Å². The van der Waals surface area contributed by atoms with E-state index in [1.807, 2.05) is 0 Å². The Morgan fingerprint density at radius 2 is 2.04 bits per heavy atom. The summed E-state index contributed by atoms with van der Waals surface area (Å²) >= 11 is 0. The van der Waals surface area contributed by atoms with Gasteiger partial charge in [0.25, 0.3) is 5.56 Å². The molecule has 0 unspecified atom stereocenters. The number of rotatable bonds is 5. The second kappa shape index (κ2) is 7.00. The zero-order valence-corrected chi connectivity index (χ0v) is 15.4. The van der Waals surface area contributed by atoms with Crippen molar-refractivity contribution in [1.82, 2.24) is 14.5 Å². The topological polar surface area (TPSA) is 101 Å². The van der Waals surface area contributed by atoms with E-state index in [4.69, 9.17) is 0 Å². The van der Waals surface area contributed by atoms with Crippen molar-refractivity contribution in [2.45, 2.75) is 31.7 Å². The van der Waals surface area contributed by atoms with Gasteiger partial charge in [-0.25, -0.2) is 17.8 Å². The summed E-state index contributed by atoms with van der Waals surface area (Å²) < 4.78 is 28.7. The molecule has 0 spiro atoms. The maximum absolute atomic E-state index is 12.5. The lowest BCUT2D eigenvalue weighted by Gasteiger charge is -2.15. The third-order valence-electron chi connectivity index (χ3n) is 4.25. The molecule has 0 aliphatic carbocycles. The van der Waals surface area contributed by atoms with E-state index in [2.05, 4.69) is 9.82 Å². The molecule has 1 amide bonds. The lowest BCUT2D eigenvalue weighted by atomic mass is 10.2. The second-order valence-corrected chi connectivity index (χ2v) is 7.91. The lowest BCUT2D eigenvalue weighted by Crippen LogP contribution is -2.32. The number of nitrogens with zero attached hydrogens (tertiary/aromatic N) is 3. The fraction of sp³-hybridized carbons (Fsp3) is 0.353. The summed E-state index contributed by atoms with van der Waals surface area (Å²) in [6.45, 7) is 4.00. The Kier molecular flexibility index (Phi) is 4.92. The highest BCUT2D eigenvalue weighted by molar-refractivity contribution is 7.89. The first-order valence-corrected chi connectivity index (χ1v) is 9.72. The van der Waals surface area contributed by atoms with Crippen LogP contribution in [-0.2, 0) is 27.8 Å². The number of aromatic nitrogens is 2. The Morgan fingerprint density at radius 1 is 1.27 bits per heavy atom. The normalized spacial score (nSPS) is 13.7. The molecule has 3 rings (SSSR count). The van der Waals surface area contributed by atoms with Gasteiger partial charge in [0.2, 0.25) is 15.9 Å². The zero-order valence-electron chi connectivity index (χ0n) is 14.6. The van der Waals surface area contributed by atoms with Crippen molar-refractivity contribution in [3.63, 3.8) is 0 Å². The minimum atomic E-state index is -3.71. The summed E-state index contributed by atoms with van der Waals surface area (Å²) in [7, 11) is -3.71. The number of carbonyl (C=O) groups excluding carboxylic acids is 1. The Morgan fingerprint density at radius 3 is 2.77 bits per heavy atom. The average molecular weight is 376 g/mol. The van der Waals surface area contributed by atoms with Crippen molar-refractivity contribution in [2.75, 3.05) is 18.0 Å². The van der Waals surface area contributed by atoms with Crippen molar-refractivity contribution in [2.24, 2.45) is 0 Å².